The fourth-order valence-electron chi connectivity index (χ4n) is 2.68. The number of hydrogen-bond donors (Lipinski definition) is 1. The van der Waals surface area contributed by atoms with Gasteiger partial charge in [0.1, 0.15) is 0 Å². The molecule has 3 rings (SSSR count). The first kappa shape index (κ1) is 12.4. The number of pyridine rings is 1. The minimum atomic E-state index is 0.562. The zero-order valence-corrected chi connectivity index (χ0v) is 11.6. The van der Waals surface area contributed by atoms with Crippen LogP contribution in [0, 0.1) is 6.92 Å². The molecule has 0 bridgehead atoms. The summed E-state index contributed by atoms with van der Waals surface area (Å²) in [5.41, 5.74) is 2.03. The first-order valence-corrected chi connectivity index (χ1v) is 7.01. The molecule has 2 aromatic rings. The minimum Gasteiger partial charge on any atom is -0.341 e. The summed E-state index contributed by atoms with van der Waals surface area (Å²) in [6.07, 6.45) is 3.87. The molecule has 5 heteroatoms. The van der Waals surface area contributed by atoms with Crippen LogP contribution in [0.1, 0.15) is 25.0 Å². The van der Waals surface area contributed by atoms with Crippen LogP contribution in [0.2, 0.25) is 0 Å². The molecule has 0 saturated carbocycles. The molecule has 1 N–H and O–H groups in total. The topological polar surface area (TPSA) is 45.5 Å². The van der Waals surface area contributed by atoms with Gasteiger partial charge in [-0.1, -0.05) is 12.5 Å². The third-order valence-corrected chi connectivity index (χ3v) is 3.79. The Morgan fingerprint density at radius 1 is 1.42 bits per heavy atom. The van der Waals surface area contributed by atoms with Crippen LogP contribution in [-0.4, -0.2) is 40.8 Å². The fraction of sp³-hybridized carbons (Fsp3) is 0.571. The van der Waals surface area contributed by atoms with Gasteiger partial charge >= 0.3 is 0 Å². The minimum absolute atomic E-state index is 0.562. The van der Waals surface area contributed by atoms with Gasteiger partial charge in [-0.05, 0) is 38.4 Å². The fourth-order valence-corrected chi connectivity index (χ4v) is 2.68. The number of likely N-dealkylation sites (N-methyl/N-ethyl adjacent to an activating group) is 1. The van der Waals surface area contributed by atoms with Gasteiger partial charge in [0.2, 0.25) is 5.95 Å². The molecule has 19 heavy (non-hydrogen) atoms. The summed E-state index contributed by atoms with van der Waals surface area (Å²) in [6.45, 7) is 4.15. The maximum Gasteiger partial charge on any atom is 0.245 e. The Bertz CT molecular complexity index is 556. The van der Waals surface area contributed by atoms with Crippen molar-refractivity contribution < 1.29 is 0 Å². The van der Waals surface area contributed by atoms with Gasteiger partial charge in [-0.3, -0.25) is 0 Å². The van der Waals surface area contributed by atoms with E-state index in [9.17, 15) is 0 Å². The largest absolute Gasteiger partial charge is 0.341 e. The maximum absolute atomic E-state index is 4.59. The van der Waals surface area contributed by atoms with E-state index >= 15 is 0 Å². The molecule has 3 heterocycles. The third-order valence-electron chi connectivity index (χ3n) is 3.79. The van der Waals surface area contributed by atoms with Crippen LogP contribution in [-0.2, 0) is 0 Å². The Labute approximate surface area is 113 Å². The number of nitrogens with zero attached hydrogens (tertiary/aromatic N) is 4. The highest BCUT2D eigenvalue weighted by Crippen LogP contribution is 2.14. The predicted molar refractivity (Wildman–Crippen MR) is 76.6 cm³/mol. The lowest BCUT2D eigenvalue weighted by atomic mass is 10.1. The molecule has 0 spiro atoms. The summed E-state index contributed by atoms with van der Waals surface area (Å²) in [5, 5.41) is 8.14. The summed E-state index contributed by atoms with van der Waals surface area (Å²) in [6, 6.07) is 6.63. The van der Waals surface area contributed by atoms with Crippen LogP contribution in [0.3, 0.4) is 0 Å². The molecule has 0 amide bonds. The molecule has 1 aliphatic heterocycles. The highest BCUT2D eigenvalue weighted by atomic mass is 15.4. The van der Waals surface area contributed by atoms with Crippen molar-refractivity contribution >= 4 is 11.6 Å². The van der Waals surface area contributed by atoms with Crippen molar-refractivity contribution in [3.63, 3.8) is 0 Å². The molecular weight excluding hydrogens is 238 g/mol. The van der Waals surface area contributed by atoms with Crippen molar-refractivity contribution in [3.8, 4) is 0 Å². The summed E-state index contributed by atoms with van der Waals surface area (Å²) in [4.78, 5) is 6.74. The summed E-state index contributed by atoms with van der Waals surface area (Å²) in [5.74, 6) is 0.807. The second-order valence-corrected chi connectivity index (χ2v) is 5.38. The van der Waals surface area contributed by atoms with Gasteiger partial charge in [-0.25, -0.2) is 4.52 Å². The van der Waals surface area contributed by atoms with Crippen LogP contribution in [0.5, 0.6) is 0 Å². The molecular formula is C14H21N5. The number of piperidine rings is 1. The first-order chi connectivity index (χ1) is 9.24. The normalized spacial score (nSPS) is 19.8. The standard InChI is InChI=1S/C14H21N5/c1-11-6-5-8-13-16-14(17-19(11)13)18(2)10-12-7-3-4-9-15-12/h5-6,8,12,15H,3-4,7,9-10H2,1-2H3. The number of anilines is 1. The van der Waals surface area contributed by atoms with E-state index in [4.69, 9.17) is 0 Å². The number of hydrogen-bond acceptors (Lipinski definition) is 4. The van der Waals surface area contributed by atoms with Gasteiger partial charge in [-0.15, -0.1) is 5.10 Å². The smallest absolute Gasteiger partial charge is 0.245 e. The SMILES string of the molecule is Cc1cccc2nc(N(C)CC3CCCCN3)nn12. The summed E-state index contributed by atoms with van der Waals surface area (Å²) in [7, 11) is 2.07. The van der Waals surface area contributed by atoms with E-state index in [1.54, 1.807) is 0 Å². The van der Waals surface area contributed by atoms with Gasteiger partial charge in [0, 0.05) is 25.3 Å². The number of nitrogens with one attached hydrogen (secondary N) is 1. The van der Waals surface area contributed by atoms with Gasteiger partial charge in [-0.2, -0.15) is 4.98 Å². The van der Waals surface area contributed by atoms with Crippen molar-refractivity contribution in [1.82, 2.24) is 19.9 Å². The van der Waals surface area contributed by atoms with E-state index in [1.807, 2.05) is 29.6 Å². The van der Waals surface area contributed by atoms with E-state index in [2.05, 4.69) is 27.3 Å². The third kappa shape index (κ3) is 2.56. The molecule has 1 atom stereocenters. The van der Waals surface area contributed by atoms with E-state index in [1.165, 1.54) is 19.3 Å². The molecule has 1 saturated heterocycles. The monoisotopic (exact) mass is 259 g/mol. The van der Waals surface area contributed by atoms with Crippen LogP contribution < -0.4 is 10.2 Å². The summed E-state index contributed by atoms with van der Waals surface area (Å²) >= 11 is 0. The second kappa shape index (κ2) is 5.17. The lowest BCUT2D eigenvalue weighted by Gasteiger charge is -2.27. The van der Waals surface area contributed by atoms with Crippen molar-refractivity contribution in [2.45, 2.75) is 32.2 Å². The van der Waals surface area contributed by atoms with Crippen LogP contribution in [0.25, 0.3) is 5.65 Å². The first-order valence-electron chi connectivity index (χ1n) is 7.01. The maximum atomic E-state index is 4.59. The molecule has 1 unspecified atom stereocenters. The highest BCUT2D eigenvalue weighted by Gasteiger charge is 2.17. The Hall–Kier alpha value is -1.62. The van der Waals surface area contributed by atoms with Gasteiger partial charge in [0.05, 0.1) is 0 Å². The zero-order valence-electron chi connectivity index (χ0n) is 11.6. The second-order valence-electron chi connectivity index (χ2n) is 5.38. The quantitative estimate of drug-likeness (QED) is 0.909. The van der Waals surface area contributed by atoms with Gasteiger partial charge < -0.3 is 10.2 Å². The van der Waals surface area contributed by atoms with E-state index in [0.29, 0.717) is 6.04 Å². The van der Waals surface area contributed by atoms with E-state index in [0.717, 1.165) is 30.4 Å². The average molecular weight is 259 g/mol. The number of rotatable bonds is 3. The van der Waals surface area contributed by atoms with Gasteiger partial charge in [0.15, 0.2) is 5.65 Å². The lowest BCUT2D eigenvalue weighted by Crippen LogP contribution is -2.42. The van der Waals surface area contributed by atoms with Crippen LogP contribution >= 0.6 is 0 Å². The summed E-state index contributed by atoms with van der Waals surface area (Å²) < 4.78 is 1.90. The van der Waals surface area contributed by atoms with Gasteiger partial charge in [0.25, 0.3) is 0 Å². The molecule has 0 aliphatic carbocycles. The molecule has 1 fully saturated rings. The molecule has 0 aromatic carbocycles. The van der Waals surface area contributed by atoms with Crippen molar-refractivity contribution in [2.75, 3.05) is 25.0 Å². The molecule has 5 nitrogen and oxygen atoms in total. The number of aryl methyl sites for hydroxylation is 1. The predicted octanol–water partition coefficient (Wildman–Crippen LogP) is 1.62. The van der Waals surface area contributed by atoms with E-state index < -0.39 is 0 Å². The van der Waals surface area contributed by atoms with Crippen molar-refractivity contribution in [1.29, 1.82) is 0 Å². The Kier molecular flexibility index (Phi) is 3.38. The van der Waals surface area contributed by atoms with Crippen molar-refractivity contribution in [3.05, 3.63) is 23.9 Å². The molecule has 102 valence electrons. The van der Waals surface area contributed by atoms with Crippen LogP contribution in [0.4, 0.5) is 5.95 Å². The average Bonchev–Trinajstić information content (AvgIpc) is 2.85. The number of aromatic nitrogens is 3. The molecule has 2 aromatic heterocycles. The number of fused-ring (bicyclic) bond motifs is 1. The molecule has 0 radical (unpaired) electrons. The Morgan fingerprint density at radius 3 is 3.05 bits per heavy atom. The highest BCUT2D eigenvalue weighted by molar-refractivity contribution is 5.45. The Morgan fingerprint density at radius 2 is 2.32 bits per heavy atom. The zero-order chi connectivity index (χ0) is 13.2. The lowest BCUT2D eigenvalue weighted by molar-refractivity contribution is 0.402. The van der Waals surface area contributed by atoms with Crippen LogP contribution in [0.15, 0.2) is 18.2 Å². The van der Waals surface area contributed by atoms with E-state index in [-0.39, 0.29) is 0 Å². The Balaban J connectivity index is 1.77. The molecule has 1 aliphatic rings. The van der Waals surface area contributed by atoms with Crippen molar-refractivity contribution in [2.24, 2.45) is 0 Å².